The smallest absolute Gasteiger partial charge is 0.0459 e. The summed E-state index contributed by atoms with van der Waals surface area (Å²) in [6.45, 7) is 4.86. The van der Waals surface area contributed by atoms with Gasteiger partial charge in [-0.1, -0.05) is 70.3 Å². The Labute approximate surface area is 158 Å². The zero-order valence-corrected chi connectivity index (χ0v) is 17.1. The van der Waals surface area contributed by atoms with Gasteiger partial charge in [0.1, 0.15) is 0 Å². The molecule has 0 bridgehead atoms. The predicted octanol–water partition coefficient (Wildman–Crippen LogP) is 7.45. The largest absolute Gasteiger partial charge is 0.396 e. The lowest BCUT2D eigenvalue weighted by Crippen LogP contribution is -2.05. The molecule has 0 radical (unpaired) electrons. The molecule has 0 aliphatic heterocycles. The van der Waals surface area contributed by atoms with E-state index in [1.54, 1.807) is 0 Å². The zero-order chi connectivity index (χ0) is 18.2. The molecular formula is C24H44O. The second-order valence-electron chi connectivity index (χ2n) is 8.11. The van der Waals surface area contributed by atoms with Crippen molar-refractivity contribution in [2.75, 3.05) is 6.61 Å². The second-order valence-corrected chi connectivity index (χ2v) is 8.11. The maximum absolute atomic E-state index is 9.34. The van der Waals surface area contributed by atoms with E-state index < -0.39 is 0 Å². The van der Waals surface area contributed by atoms with E-state index in [1.807, 2.05) is 0 Å². The fraction of sp³-hybridized carbons (Fsp3) is 0.833. The van der Waals surface area contributed by atoms with Gasteiger partial charge in [0.25, 0.3) is 0 Å². The van der Waals surface area contributed by atoms with Gasteiger partial charge in [0, 0.05) is 6.61 Å². The maximum atomic E-state index is 9.34. The number of aliphatic hydroxyl groups is 1. The molecule has 146 valence electrons. The van der Waals surface area contributed by atoms with Gasteiger partial charge >= 0.3 is 0 Å². The van der Waals surface area contributed by atoms with Gasteiger partial charge in [0.05, 0.1) is 0 Å². The summed E-state index contributed by atoms with van der Waals surface area (Å²) in [6, 6.07) is 0. The number of aliphatic hydroxyl groups excluding tert-OH is 1. The number of hydrogen-bond donors (Lipinski definition) is 1. The molecule has 3 atom stereocenters. The summed E-state index contributed by atoms with van der Waals surface area (Å²) in [5.41, 5.74) is 0. The first-order chi connectivity index (χ1) is 12.3. The highest BCUT2D eigenvalue weighted by molar-refractivity contribution is 4.97. The van der Waals surface area contributed by atoms with Crippen molar-refractivity contribution in [3.63, 3.8) is 0 Å². The van der Waals surface area contributed by atoms with Crippen LogP contribution in [0.15, 0.2) is 24.3 Å². The van der Waals surface area contributed by atoms with Crippen molar-refractivity contribution in [3.8, 4) is 0 Å². The summed E-state index contributed by atoms with van der Waals surface area (Å²) in [5, 5.41) is 9.34. The highest BCUT2D eigenvalue weighted by atomic mass is 16.3. The molecule has 0 heterocycles. The molecule has 0 amide bonds. The van der Waals surface area contributed by atoms with Crippen LogP contribution in [0.1, 0.15) is 104 Å². The van der Waals surface area contributed by atoms with Crippen molar-refractivity contribution in [1.82, 2.24) is 0 Å². The molecule has 1 heteroatoms. The summed E-state index contributed by atoms with van der Waals surface area (Å²) in [7, 11) is 0. The van der Waals surface area contributed by atoms with Crippen molar-refractivity contribution in [2.45, 2.75) is 104 Å². The Hall–Kier alpha value is -0.560. The van der Waals surface area contributed by atoms with E-state index in [2.05, 4.69) is 38.2 Å². The van der Waals surface area contributed by atoms with Gasteiger partial charge in [-0.3, -0.25) is 0 Å². The van der Waals surface area contributed by atoms with Gasteiger partial charge < -0.3 is 5.11 Å². The van der Waals surface area contributed by atoms with Crippen LogP contribution in [0.2, 0.25) is 0 Å². The van der Waals surface area contributed by atoms with E-state index in [4.69, 9.17) is 0 Å². The quantitative estimate of drug-likeness (QED) is 0.240. The molecule has 1 saturated carbocycles. The van der Waals surface area contributed by atoms with E-state index in [0.29, 0.717) is 12.5 Å². The number of hydrogen-bond acceptors (Lipinski definition) is 1. The number of allylic oxidation sites excluding steroid dienone is 4. The topological polar surface area (TPSA) is 20.2 Å². The minimum atomic E-state index is 0.367. The average Bonchev–Trinajstić information content (AvgIpc) is 3.07. The first-order valence-electron chi connectivity index (χ1n) is 11.2. The van der Waals surface area contributed by atoms with Gasteiger partial charge in [0.2, 0.25) is 0 Å². The summed E-state index contributed by atoms with van der Waals surface area (Å²) in [4.78, 5) is 0. The Morgan fingerprint density at radius 3 is 2.48 bits per heavy atom. The van der Waals surface area contributed by atoms with Gasteiger partial charge in [-0.25, -0.2) is 0 Å². The predicted molar refractivity (Wildman–Crippen MR) is 112 cm³/mol. The third-order valence-electron chi connectivity index (χ3n) is 5.87. The van der Waals surface area contributed by atoms with Crippen LogP contribution in [-0.2, 0) is 0 Å². The van der Waals surface area contributed by atoms with E-state index in [1.165, 1.54) is 89.9 Å². The van der Waals surface area contributed by atoms with Crippen molar-refractivity contribution < 1.29 is 5.11 Å². The molecule has 25 heavy (non-hydrogen) atoms. The molecule has 0 spiro atoms. The first kappa shape index (κ1) is 22.5. The zero-order valence-electron chi connectivity index (χ0n) is 17.1. The monoisotopic (exact) mass is 348 g/mol. The Kier molecular flexibility index (Phi) is 14.1. The van der Waals surface area contributed by atoms with Crippen molar-refractivity contribution in [1.29, 1.82) is 0 Å². The van der Waals surface area contributed by atoms with Gasteiger partial charge in [0.15, 0.2) is 0 Å². The fourth-order valence-electron chi connectivity index (χ4n) is 4.22. The molecule has 0 saturated heterocycles. The minimum absolute atomic E-state index is 0.367. The molecule has 1 aliphatic rings. The van der Waals surface area contributed by atoms with E-state index in [-0.39, 0.29) is 0 Å². The lowest BCUT2D eigenvalue weighted by atomic mass is 9.91. The van der Waals surface area contributed by atoms with Crippen LogP contribution in [0.4, 0.5) is 0 Å². The summed E-state index contributed by atoms with van der Waals surface area (Å²) in [5.74, 6) is 2.24. The third-order valence-corrected chi connectivity index (χ3v) is 5.87. The molecule has 1 fully saturated rings. The van der Waals surface area contributed by atoms with Crippen molar-refractivity contribution >= 4 is 0 Å². The van der Waals surface area contributed by atoms with Crippen LogP contribution < -0.4 is 0 Å². The molecule has 1 aliphatic carbocycles. The summed E-state index contributed by atoms with van der Waals surface area (Å²) < 4.78 is 0. The van der Waals surface area contributed by atoms with Crippen LogP contribution in [0.5, 0.6) is 0 Å². The van der Waals surface area contributed by atoms with E-state index >= 15 is 0 Å². The normalized spacial score (nSPS) is 22.4. The summed E-state index contributed by atoms with van der Waals surface area (Å²) >= 11 is 0. The number of unbranched alkanes of at least 4 members (excludes halogenated alkanes) is 5. The van der Waals surface area contributed by atoms with E-state index in [0.717, 1.165) is 11.8 Å². The van der Waals surface area contributed by atoms with Gasteiger partial charge in [-0.15, -0.1) is 0 Å². The van der Waals surface area contributed by atoms with Crippen LogP contribution in [-0.4, -0.2) is 11.7 Å². The Balaban J connectivity index is 2.14. The molecule has 0 aromatic heterocycles. The van der Waals surface area contributed by atoms with Gasteiger partial charge in [-0.05, 0) is 75.5 Å². The maximum Gasteiger partial charge on any atom is 0.0459 e. The van der Waals surface area contributed by atoms with Crippen LogP contribution in [0.25, 0.3) is 0 Å². The first-order valence-corrected chi connectivity index (χ1v) is 11.2. The highest BCUT2D eigenvalue weighted by Crippen LogP contribution is 2.35. The molecule has 1 nitrogen and oxygen atoms in total. The molecule has 0 aromatic rings. The van der Waals surface area contributed by atoms with E-state index in [9.17, 15) is 5.11 Å². The SMILES string of the molecule is CCCCCC/C=C/[C@H]1CCC[C@@H]1C/C=C\CCCC(CO)CCC. The fourth-order valence-corrected chi connectivity index (χ4v) is 4.22. The highest BCUT2D eigenvalue weighted by Gasteiger charge is 2.23. The lowest BCUT2D eigenvalue weighted by Gasteiger charge is -2.14. The second kappa shape index (κ2) is 15.7. The molecular weight excluding hydrogens is 304 g/mol. The molecule has 0 aromatic carbocycles. The lowest BCUT2D eigenvalue weighted by molar-refractivity contribution is 0.208. The molecule has 1 N–H and O–H groups in total. The van der Waals surface area contributed by atoms with Crippen LogP contribution >= 0.6 is 0 Å². The molecule has 1 unspecified atom stereocenters. The standard InChI is InChI=1S/C24H44O/c1-3-5-6-7-8-12-17-23-19-14-20-24(23)18-13-10-9-11-16-22(21-25)15-4-2/h10,12-13,17,22-25H,3-9,11,14-16,18-21H2,1-2H3/b13-10-,17-12+/t22?,23-,24-/m0/s1. The van der Waals surface area contributed by atoms with Crippen molar-refractivity contribution in [3.05, 3.63) is 24.3 Å². The number of rotatable bonds is 15. The van der Waals surface area contributed by atoms with Crippen LogP contribution in [0, 0.1) is 17.8 Å². The Bertz CT molecular complexity index is 344. The van der Waals surface area contributed by atoms with Crippen molar-refractivity contribution in [2.24, 2.45) is 17.8 Å². The third kappa shape index (κ3) is 10.9. The Morgan fingerprint density at radius 1 is 0.880 bits per heavy atom. The molecule has 1 rings (SSSR count). The Morgan fingerprint density at radius 2 is 1.72 bits per heavy atom. The van der Waals surface area contributed by atoms with Crippen LogP contribution in [0.3, 0.4) is 0 Å². The van der Waals surface area contributed by atoms with Gasteiger partial charge in [-0.2, -0.15) is 0 Å². The summed E-state index contributed by atoms with van der Waals surface area (Å²) in [6.07, 6.45) is 28.1. The average molecular weight is 349 g/mol. The minimum Gasteiger partial charge on any atom is -0.396 e.